The molecule has 0 aliphatic heterocycles. The monoisotopic (exact) mass is 441 g/mol. The van der Waals surface area contributed by atoms with Crippen molar-refractivity contribution in [3.05, 3.63) is 40.9 Å². The minimum absolute atomic E-state index is 0.301. The molecule has 0 saturated heterocycles. The van der Waals surface area contributed by atoms with Crippen LogP contribution in [0.25, 0.3) is 21.5 Å². The summed E-state index contributed by atoms with van der Waals surface area (Å²) in [7, 11) is 0. The molecule has 0 saturated carbocycles. The summed E-state index contributed by atoms with van der Waals surface area (Å²) < 4.78 is 6.05. The molecular weight excluding hydrogens is 422 g/mol. The molecule has 0 atom stereocenters. The van der Waals surface area contributed by atoms with Gasteiger partial charge in [-0.05, 0) is 19.9 Å². The van der Waals surface area contributed by atoms with Crippen LogP contribution in [0.15, 0.2) is 30.3 Å². The minimum atomic E-state index is -0.301. The number of fused-ring (bicyclic) bond motifs is 1. The van der Waals surface area contributed by atoms with Crippen molar-refractivity contribution in [1.82, 2.24) is 30.2 Å². The summed E-state index contributed by atoms with van der Waals surface area (Å²) in [6.07, 6.45) is 5.62. The lowest BCUT2D eigenvalue weighted by Gasteiger charge is -2.10. The molecule has 0 radical (unpaired) electrons. The number of aryl methyl sites for hydroxylation is 1. The van der Waals surface area contributed by atoms with E-state index in [-0.39, 0.29) is 6.03 Å². The Balaban J connectivity index is 1.63. The lowest BCUT2D eigenvalue weighted by molar-refractivity contribution is 0.252. The Kier molecular flexibility index (Phi) is 6.10. The molecule has 0 aromatic carbocycles. The summed E-state index contributed by atoms with van der Waals surface area (Å²) in [6, 6.07) is 1.58. The fraction of sp³-hybridized carbons (Fsp3) is 0.263. The standard InChI is InChI=1S/C19H19N7O2S2/c1-3-22-18(27)26-19-24-14-6-13(12-7-20-9-21-8-12)16(25-17(14)30-19)28-5-4-15-11(2)23-10-29-15/h6-10H,3-5H2,1-2H3,(H2,22,24,26,27). The number of carbonyl (C=O) groups excluding carboxylic acids is 1. The third-order valence-electron chi connectivity index (χ3n) is 4.19. The zero-order chi connectivity index (χ0) is 20.9. The molecule has 0 spiro atoms. The van der Waals surface area contributed by atoms with Crippen LogP contribution in [0.3, 0.4) is 0 Å². The molecule has 30 heavy (non-hydrogen) atoms. The molecule has 4 heterocycles. The highest BCUT2D eigenvalue weighted by Crippen LogP contribution is 2.34. The first-order chi connectivity index (χ1) is 14.6. The van der Waals surface area contributed by atoms with E-state index in [1.54, 1.807) is 23.7 Å². The zero-order valence-corrected chi connectivity index (χ0v) is 18.0. The second kappa shape index (κ2) is 9.09. The molecule has 11 heteroatoms. The normalized spacial score (nSPS) is 10.9. The Labute approximate surface area is 180 Å². The number of anilines is 1. The fourth-order valence-corrected chi connectivity index (χ4v) is 4.34. The maximum atomic E-state index is 11.8. The van der Waals surface area contributed by atoms with Gasteiger partial charge in [0.05, 0.1) is 17.8 Å². The van der Waals surface area contributed by atoms with Crippen molar-refractivity contribution in [1.29, 1.82) is 0 Å². The zero-order valence-electron chi connectivity index (χ0n) is 16.4. The molecular formula is C19H19N7O2S2. The number of thiazole rings is 2. The van der Waals surface area contributed by atoms with Crippen LogP contribution in [0.5, 0.6) is 5.88 Å². The molecule has 2 amide bonds. The molecule has 2 N–H and O–H groups in total. The van der Waals surface area contributed by atoms with Crippen LogP contribution in [-0.4, -0.2) is 44.1 Å². The molecule has 0 bridgehead atoms. The first-order valence-electron chi connectivity index (χ1n) is 9.27. The van der Waals surface area contributed by atoms with E-state index >= 15 is 0 Å². The van der Waals surface area contributed by atoms with Crippen molar-refractivity contribution < 1.29 is 9.53 Å². The average Bonchev–Trinajstić information content (AvgIpc) is 3.33. The van der Waals surface area contributed by atoms with Gasteiger partial charge in [0.15, 0.2) is 5.13 Å². The Morgan fingerprint density at radius 1 is 1.23 bits per heavy atom. The van der Waals surface area contributed by atoms with E-state index in [0.717, 1.165) is 23.2 Å². The first-order valence-corrected chi connectivity index (χ1v) is 11.0. The van der Waals surface area contributed by atoms with Crippen molar-refractivity contribution >= 4 is 44.2 Å². The highest BCUT2D eigenvalue weighted by molar-refractivity contribution is 7.22. The van der Waals surface area contributed by atoms with E-state index in [1.165, 1.54) is 22.5 Å². The predicted molar refractivity (Wildman–Crippen MR) is 117 cm³/mol. The maximum Gasteiger partial charge on any atom is 0.321 e. The largest absolute Gasteiger partial charge is 0.477 e. The molecule has 4 aromatic heterocycles. The third kappa shape index (κ3) is 4.52. The number of nitrogens with one attached hydrogen (secondary N) is 2. The first kappa shape index (κ1) is 20.1. The van der Waals surface area contributed by atoms with E-state index in [9.17, 15) is 4.79 Å². The quantitative estimate of drug-likeness (QED) is 0.449. The number of rotatable bonds is 7. The summed E-state index contributed by atoms with van der Waals surface area (Å²) in [5.41, 5.74) is 5.05. The van der Waals surface area contributed by atoms with Crippen molar-refractivity contribution in [2.24, 2.45) is 0 Å². The van der Waals surface area contributed by atoms with Gasteiger partial charge < -0.3 is 10.1 Å². The Morgan fingerprint density at radius 3 is 2.80 bits per heavy atom. The smallest absolute Gasteiger partial charge is 0.321 e. The number of hydrogen-bond acceptors (Lipinski definition) is 9. The third-order valence-corrected chi connectivity index (χ3v) is 6.07. The minimum Gasteiger partial charge on any atom is -0.477 e. The number of aromatic nitrogens is 5. The van der Waals surface area contributed by atoms with Crippen LogP contribution in [-0.2, 0) is 6.42 Å². The number of amides is 2. The number of carbonyl (C=O) groups is 1. The van der Waals surface area contributed by atoms with Gasteiger partial charge in [0.25, 0.3) is 0 Å². The van der Waals surface area contributed by atoms with Crippen molar-refractivity contribution in [3.63, 3.8) is 0 Å². The van der Waals surface area contributed by atoms with Gasteiger partial charge in [0, 0.05) is 41.4 Å². The van der Waals surface area contributed by atoms with Gasteiger partial charge in [-0.1, -0.05) is 11.3 Å². The Hall–Kier alpha value is -3.18. The average molecular weight is 442 g/mol. The topological polar surface area (TPSA) is 115 Å². The van der Waals surface area contributed by atoms with Gasteiger partial charge in [-0.3, -0.25) is 5.32 Å². The summed E-state index contributed by atoms with van der Waals surface area (Å²) in [4.78, 5) is 35.3. The van der Waals surface area contributed by atoms with E-state index in [0.29, 0.717) is 34.5 Å². The highest BCUT2D eigenvalue weighted by atomic mass is 32.1. The molecule has 0 aliphatic rings. The van der Waals surface area contributed by atoms with Gasteiger partial charge in [0.2, 0.25) is 5.88 Å². The lowest BCUT2D eigenvalue weighted by Crippen LogP contribution is -2.28. The van der Waals surface area contributed by atoms with Gasteiger partial charge in [0.1, 0.15) is 16.7 Å². The van der Waals surface area contributed by atoms with E-state index in [2.05, 4.69) is 35.6 Å². The van der Waals surface area contributed by atoms with Crippen LogP contribution in [0.1, 0.15) is 17.5 Å². The van der Waals surface area contributed by atoms with E-state index in [4.69, 9.17) is 4.74 Å². The SMILES string of the molecule is CCNC(=O)Nc1nc2cc(-c3cncnc3)c(OCCc3scnc3C)nc2s1. The summed E-state index contributed by atoms with van der Waals surface area (Å²) in [5.74, 6) is 0.479. The molecule has 0 unspecified atom stereocenters. The maximum absolute atomic E-state index is 11.8. The molecule has 4 aromatic rings. The van der Waals surface area contributed by atoms with Gasteiger partial charge in [-0.25, -0.2) is 29.7 Å². The van der Waals surface area contributed by atoms with Crippen LogP contribution in [0.4, 0.5) is 9.93 Å². The number of hydrogen-bond donors (Lipinski definition) is 2. The number of nitrogens with zero attached hydrogens (tertiary/aromatic N) is 5. The second-order valence-electron chi connectivity index (χ2n) is 6.26. The number of ether oxygens (including phenoxy) is 1. The molecule has 9 nitrogen and oxygen atoms in total. The Bertz CT molecular complexity index is 1160. The van der Waals surface area contributed by atoms with Crippen molar-refractivity contribution in [2.45, 2.75) is 20.3 Å². The molecule has 0 fully saturated rings. The van der Waals surface area contributed by atoms with Crippen molar-refractivity contribution in [3.8, 4) is 17.0 Å². The van der Waals surface area contributed by atoms with E-state index in [1.807, 2.05) is 25.4 Å². The lowest BCUT2D eigenvalue weighted by atomic mass is 10.1. The summed E-state index contributed by atoms with van der Waals surface area (Å²) in [6.45, 7) is 4.84. The molecule has 4 rings (SSSR count). The Morgan fingerprint density at radius 2 is 2.07 bits per heavy atom. The number of urea groups is 1. The fourth-order valence-electron chi connectivity index (χ4n) is 2.77. The highest BCUT2D eigenvalue weighted by Gasteiger charge is 2.16. The van der Waals surface area contributed by atoms with Gasteiger partial charge >= 0.3 is 6.03 Å². The summed E-state index contributed by atoms with van der Waals surface area (Å²) >= 11 is 2.90. The van der Waals surface area contributed by atoms with Crippen LogP contribution < -0.4 is 15.4 Å². The molecule has 154 valence electrons. The summed E-state index contributed by atoms with van der Waals surface area (Å²) in [5, 5.41) is 5.88. The van der Waals surface area contributed by atoms with Crippen LogP contribution in [0, 0.1) is 6.92 Å². The van der Waals surface area contributed by atoms with Gasteiger partial charge in [-0.2, -0.15) is 0 Å². The van der Waals surface area contributed by atoms with Gasteiger partial charge in [-0.15, -0.1) is 11.3 Å². The predicted octanol–water partition coefficient (Wildman–Crippen LogP) is 3.68. The van der Waals surface area contributed by atoms with Crippen LogP contribution >= 0.6 is 22.7 Å². The van der Waals surface area contributed by atoms with Crippen LogP contribution in [0.2, 0.25) is 0 Å². The second-order valence-corrected chi connectivity index (χ2v) is 8.17. The van der Waals surface area contributed by atoms with Crippen molar-refractivity contribution in [2.75, 3.05) is 18.5 Å². The molecule has 0 aliphatic carbocycles. The number of pyridine rings is 1. The van der Waals surface area contributed by atoms with E-state index < -0.39 is 0 Å².